The molecular weight excluding hydrogens is 420 g/mol. The molecule has 0 aliphatic carbocycles. The maximum absolute atomic E-state index is 12.4. The number of Topliss-reactive ketones (excluding diaryl/α,β-unsaturated/α-hetero) is 1. The largest absolute Gasteiger partial charge is 0.426 e. The lowest BCUT2D eigenvalue weighted by atomic mass is 9.74. The Bertz CT molecular complexity index is 930. The van der Waals surface area contributed by atoms with Gasteiger partial charge in [-0.1, -0.05) is 46.8 Å². The van der Waals surface area contributed by atoms with E-state index in [0.29, 0.717) is 18.0 Å². The highest BCUT2D eigenvalue weighted by Crippen LogP contribution is 2.44. The third-order valence-corrected chi connectivity index (χ3v) is 7.60. The Morgan fingerprint density at radius 1 is 1.00 bits per heavy atom. The summed E-state index contributed by atoms with van der Waals surface area (Å²) >= 11 is 1.85. The van der Waals surface area contributed by atoms with Gasteiger partial charge in [-0.3, -0.25) is 9.59 Å². The first kappa shape index (κ1) is 27.8. The van der Waals surface area contributed by atoms with Crippen molar-refractivity contribution in [3.05, 3.63) is 50.7 Å². The van der Waals surface area contributed by atoms with Gasteiger partial charge < -0.3 is 9.53 Å². The molecule has 0 fully saturated rings. The quantitative estimate of drug-likeness (QED) is 0.324. The van der Waals surface area contributed by atoms with Crippen LogP contribution in [0.5, 0.6) is 5.75 Å². The lowest BCUT2D eigenvalue weighted by Gasteiger charge is -2.32. The number of carbonyl (C=O) groups excluding carboxylic acids is 3. The van der Waals surface area contributed by atoms with E-state index >= 15 is 0 Å². The highest BCUT2D eigenvalue weighted by Gasteiger charge is 2.33. The predicted octanol–water partition coefficient (Wildman–Crippen LogP) is 6.76. The van der Waals surface area contributed by atoms with Crippen LogP contribution < -0.4 is 4.74 Å². The number of hydrogen-bond donors (Lipinski definition) is 0. The molecule has 0 spiro atoms. The Balaban J connectivity index is 0.00000249. The van der Waals surface area contributed by atoms with Crippen LogP contribution in [0.2, 0.25) is 0 Å². The van der Waals surface area contributed by atoms with E-state index in [1.807, 2.05) is 51.9 Å². The maximum atomic E-state index is 12.4. The second-order valence-corrected chi connectivity index (χ2v) is 10.4. The molecule has 2 rings (SSSR count). The van der Waals surface area contributed by atoms with Crippen LogP contribution in [0.1, 0.15) is 87.2 Å². The first-order chi connectivity index (χ1) is 14.9. The number of rotatable bonds is 8. The van der Waals surface area contributed by atoms with E-state index in [9.17, 15) is 9.59 Å². The molecule has 0 aliphatic rings. The number of hydrogen-bond acceptors (Lipinski definition) is 5. The number of thiophene rings is 1. The zero-order valence-electron chi connectivity index (χ0n) is 20.9. The van der Waals surface area contributed by atoms with Crippen molar-refractivity contribution in [1.29, 1.82) is 0 Å². The number of esters is 1. The summed E-state index contributed by atoms with van der Waals surface area (Å²) in [7, 11) is 0. The molecule has 1 aromatic heterocycles. The molecule has 0 atom stereocenters. The normalized spacial score (nSPS) is 11.5. The van der Waals surface area contributed by atoms with Crippen LogP contribution >= 0.6 is 11.3 Å². The van der Waals surface area contributed by atoms with Crippen molar-refractivity contribution in [3.8, 4) is 5.75 Å². The van der Waals surface area contributed by atoms with E-state index in [1.165, 1.54) is 27.8 Å². The zero-order valence-corrected chi connectivity index (χ0v) is 21.7. The molecule has 0 unspecified atom stereocenters. The highest BCUT2D eigenvalue weighted by molar-refractivity contribution is 7.12. The monoisotopic (exact) mass is 458 g/mol. The second-order valence-electron chi connectivity index (χ2n) is 9.25. The van der Waals surface area contributed by atoms with Gasteiger partial charge in [-0.15, -0.1) is 11.3 Å². The minimum atomic E-state index is -0.300. The molecule has 2 aromatic rings. The number of ether oxygens (including phenoxy) is 1. The summed E-state index contributed by atoms with van der Waals surface area (Å²) in [5.41, 5.74) is 3.13. The minimum absolute atomic E-state index is 0.0821. The van der Waals surface area contributed by atoms with Crippen molar-refractivity contribution < 1.29 is 19.1 Å². The molecular formula is C27H38O4S. The van der Waals surface area contributed by atoms with Crippen LogP contribution in [0, 0.1) is 19.3 Å². The summed E-state index contributed by atoms with van der Waals surface area (Å²) in [5.74, 6) is 0.633. The van der Waals surface area contributed by atoms with E-state index in [2.05, 4.69) is 39.0 Å². The molecule has 5 heteroatoms. The maximum Gasteiger partial charge on any atom is 0.308 e. The molecule has 1 aromatic carbocycles. The van der Waals surface area contributed by atoms with E-state index in [-0.39, 0.29) is 16.8 Å². The Kier molecular flexibility index (Phi) is 10.0. The van der Waals surface area contributed by atoms with Gasteiger partial charge in [0, 0.05) is 33.9 Å². The fourth-order valence-electron chi connectivity index (χ4n) is 3.97. The molecule has 0 N–H and O–H groups in total. The first-order valence-corrected chi connectivity index (χ1v) is 12.0. The fraction of sp³-hybridized carbons (Fsp3) is 0.519. The third kappa shape index (κ3) is 6.38. The van der Waals surface area contributed by atoms with Gasteiger partial charge in [-0.05, 0) is 61.9 Å². The molecule has 0 bridgehead atoms. The van der Waals surface area contributed by atoms with Crippen molar-refractivity contribution >= 4 is 29.9 Å². The van der Waals surface area contributed by atoms with Crippen LogP contribution in [0.4, 0.5) is 0 Å². The van der Waals surface area contributed by atoms with Gasteiger partial charge in [0.15, 0.2) is 0 Å². The molecule has 0 amide bonds. The first-order valence-electron chi connectivity index (χ1n) is 11.2. The van der Waals surface area contributed by atoms with Gasteiger partial charge >= 0.3 is 5.97 Å². The average molecular weight is 459 g/mol. The van der Waals surface area contributed by atoms with Crippen molar-refractivity contribution in [2.75, 3.05) is 0 Å². The summed E-state index contributed by atoms with van der Waals surface area (Å²) in [6.07, 6.45) is 3.36. The molecule has 176 valence electrons. The molecule has 32 heavy (non-hydrogen) atoms. The number of carbonyl (C=O) groups is 3. The topological polar surface area (TPSA) is 60.4 Å². The second kappa shape index (κ2) is 11.6. The van der Waals surface area contributed by atoms with Crippen molar-refractivity contribution in [1.82, 2.24) is 0 Å². The molecule has 0 saturated heterocycles. The van der Waals surface area contributed by atoms with Crippen LogP contribution in [0.3, 0.4) is 0 Å². The van der Waals surface area contributed by atoms with Crippen molar-refractivity contribution in [2.45, 2.75) is 86.5 Å². The summed E-state index contributed by atoms with van der Waals surface area (Å²) in [5, 5.41) is 0. The van der Waals surface area contributed by atoms with Gasteiger partial charge in [-0.25, -0.2) is 0 Å². The van der Waals surface area contributed by atoms with Crippen molar-refractivity contribution in [3.63, 3.8) is 0 Å². The molecule has 1 heterocycles. The number of ketones is 1. The van der Waals surface area contributed by atoms with Gasteiger partial charge in [0.2, 0.25) is 0 Å². The summed E-state index contributed by atoms with van der Waals surface area (Å²) in [4.78, 5) is 34.4. The predicted molar refractivity (Wildman–Crippen MR) is 133 cm³/mol. The van der Waals surface area contributed by atoms with Crippen LogP contribution in [0.25, 0.3) is 0 Å². The van der Waals surface area contributed by atoms with Crippen molar-refractivity contribution in [2.24, 2.45) is 5.41 Å². The van der Waals surface area contributed by atoms with Gasteiger partial charge in [-0.2, -0.15) is 0 Å². The Morgan fingerprint density at radius 3 is 2.06 bits per heavy atom. The van der Waals surface area contributed by atoms with Crippen LogP contribution in [0.15, 0.2) is 24.3 Å². The highest BCUT2D eigenvalue weighted by atomic mass is 32.1. The molecule has 4 nitrogen and oxygen atoms in total. The van der Waals surface area contributed by atoms with E-state index < -0.39 is 0 Å². The van der Waals surface area contributed by atoms with Gasteiger partial charge in [0.1, 0.15) is 18.3 Å². The summed E-state index contributed by atoms with van der Waals surface area (Å²) in [6.45, 7) is 18.0. The van der Waals surface area contributed by atoms with Gasteiger partial charge in [0.25, 0.3) is 0 Å². The molecule has 0 aliphatic heterocycles. The third-order valence-electron chi connectivity index (χ3n) is 6.10. The Labute approximate surface area is 197 Å². The SMILES string of the molecule is C=O.CCC(CC)(c1ccc(OC(C)=O)c(C)c1)c1cc(C)c(CCC(=O)C(C)(C)C)s1. The van der Waals surface area contributed by atoms with Gasteiger partial charge in [0.05, 0.1) is 0 Å². The standard InChI is InChI=1S/C26H36O3S.CH2O/c1-9-26(10-2,20-11-12-21(17(3)15-20)29-19(5)27)24-16-18(4)22(30-24)13-14-23(28)25(6,7)8;1-2/h11-12,15-16H,9-10,13-14H2,1-8H3;1H2. The lowest BCUT2D eigenvalue weighted by Crippen LogP contribution is -2.25. The fourth-order valence-corrected chi connectivity index (χ4v) is 5.50. The van der Waals surface area contributed by atoms with Crippen LogP contribution in [-0.4, -0.2) is 18.5 Å². The molecule has 0 radical (unpaired) electrons. The summed E-state index contributed by atoms with van der Waals surface area (Å²) in [6, 6.07) is 8.47. The van der Waals surface area contributed by atoms with E-state index in [1.54, 1.807) is 0 Å². The minimum Gasteiger partial charge on any atom is -0.426 e. The average Bonchev–Trinajstić information content (AvgIpc) is 3.10. The van der Waals surface area contributed by atoms with Crippen LogP contribution in [-0.2, 0) is 26.2 Å². The lowest BCUT2D eigenvalue weighted by molar-refractivity contribution is -0.132. The van der Waals surface area contributed by atoms with E-state index in [0.717, 1.165) is 24.8 Å². The summed E-state index contributed by atoms with van der Waals surface area (Å²) < 4.78 is 5.32. The Hall–Kier alpha value is -2.27. The zero-order chi connectivity index (χ0) is 24.7. The molecule has 0 saturated carbocycles. The smallest absolute Gasteiger partial charge is 0.308 e. The number of benzene rings is 1. The number of aryl methyl sites for hydroxylation is 3. The van der Waals surface area contributed by atoms with E-state index in [4.69, 9.17) is 9.53 Å². The Morgan fingerprint density at radius 2 is 1.59 bits per heavy atom.